The van der Waals surface area contributed by atoms with Crippen molar-refractivity contribution >= 4 is 22.9 Å². The second kappa shape index (κ2) is 5.63. The number of nitrogens with one attached hydrogen (secondary N) is 1. The van der Waals surface area contributed by atoms with E-state index >= 15 is 0 Å². The van der Waals surface area contributed by atoms with Gasteiger partial charge in [-0.05, 0) is 29.6 Å². The first kappa shape index (κ1) is 12.6. The summed E-state index contributed by atoms with van der Waals surface area (Å²) in [5.74, 6) is -0.218. The van der Waals surface area contributed by atoms with Gasteiger partial charge in [0.25, 0.3) is 0 Å². The molecule has 1 aromatic carbocycles. The summed E-state index contributed by atoms with van der Waals surface area (Å²) < 4.78 is 13.9. The molecule has 0 saturated carbocycles. The minimum absolute atomic E-state index is 0.218. The minimum atomic E-state index is -0.218. The number of hydrogen-bond acceptors (Lipinski definition) is 2. The third-order valence-electron chi connectivity index (χ3n) is 2.47. The number of benzene rings is 1. The highest BCUT2D eigenvalue weighted by atomic mass is 35.5. The van der Waals surface area contributed by atoms with Crippen LogP contribution in [0.25, 0.3) is 10.4 Å². The Morgan fingerprint density at radius 1 is 1.35 bits per heavy atom. The number of halogens is 2. The van der Waals surface area contributed by atoms with Gasteiger partial charge >= 0.3 is 0 Å². The second-order valence-corrected chi connectivity index (χ2v) is 5.02. The van der Waals surface area contributed by atoms with E-state index in [2.05, 4.69) is 5.32 Å². The molecule has 1 heterocycles. The number of hydrogen-bond donors (Lipinski definition) is 1. The molecular formula is C13H13ClFNS. The van der Waals surface area contributed by atoms with Crippen LogP contribution in [0, 0.1) is 5.82 Å². The molecule has 1 N–H and O–H groups in total. The van der Waals surface area contributed by atoms with Gasteiger partial charge in [-0.1, -0.05) is 30.7 Å². The first-order valence-corrected chi connectivity index (χ1v) is 6.70. The van der Waals surface area contributed by atoms with E-state index < -0.39 is 0 Å². The summed E-state index contributed by atoms with van der Waals surface area (Å²) in [5, 5.41) is 5.64. The lowest BCUT2D eigenvalue weighted by molar-refractivity contribution is 0.625. The zero-order valence-corrected chi connectivity index (χ0v) is 11.0. The van der Waals surface area contributed by atoms with Gasteiger partial charge in [-0.15, -0.1) is 11.3 Å². The van der Waals surface area contributed by atoms with Crippen LogP contribution >= 0.6 is 22.9 Å². The van der Waals surface area contributed by atoms with E-state index in [1.807, 2.05) is 18.4 Å². The summed E-state index contributed by atoms with van der Waals surface area (Å²) in [6.07, 6.45) is 0. The van der Waals surface area contributed by atoms with Crippen LogP contribution in [0.2, 0.25) is 5.02 Å². The molecule has 17 heavy (non-hydrogen) atoms. The predicted octanol–water partition coefficient (Wildman–Crippen LogP) is 4.32. The van der Waals surface area contributed by atoms with Gasteiger partial charge in [-0.25, -0.2) is 4.39 Å². The zero-order valence-electron chi connectivity index (χ0n) is 9.47. The lowest BCUT2D eigenvalue weighted by atomic mass is 10.1. The predicted molar refractivity (Wildman–Crippen MR) is 72.1 cm³/mol. The third kappa shape index (κ3) is 2.86. The van der Waals surface area contributed by atoms with E-state index in [1.54, 1.807) is 18.2 Å². The Morgan fingerprint density at radius 2 is 2.18 bits per heavy atom. The highest BCUT2D eigenvalue weighted by Crippen LogP contribution is 2.34. The summed E-state index contributed by atoms with van der Waals surface area (Å²) in [6, 6.07) is 7.07. The molecule has 0 atom stereocenters. The Balaban J connectivity index is 2.29. The molecule has 0 aliphatic carbocycles. The van der Waals surface area contributed by atoms with E-state index in [4.69, 9.17) is 11.6 Å². The SMILES string of the molecule is CCNCc1ccc(-c2sccc2Cl)c(F)c1. The summed E-state index contributed by atoms with van der Waals surface area (Å²) >= 11 is 7.45. The number of rotatable bonds is 4. The van der Waals surface area contributed by atoms with Crippen molar-refractivity contribution in [2.75, 3.05) is 6.54 Å². The molecule has 2 aromatic rings. The van der Waals surface area contributed by atoms with Crippen molar-refractivity contribution in [1.29, 1.82) is 0 Å². The molecule has 0 unspecified atom stereocenters. The monoisotopic (exact) mass is 269 g/mol. The Morgan fingerprint density at radius 3 is 2.76 bits per heavy atom. The molecule has 0 aliphatic rings. The van der Waals surface area contributed by atoms with E-state index in [0.29, 0.717) is 17.1 Å². The van der Waals surface area contributed by atoms with Gasteiger partial charge in [0.15, 0.2) is 0 Å². The van der Waals surface area contributed by atoms with Gasteiger partial charge in [0, 0.05) is 12.1 Å². The topological polar surface area (TPSA) is 12.0 Å². The Labute approximate surface area is 109 Å². The van der Waals surface area contributed by atoms with Crippen molar-refractivity contribution in [1.82, 2.24) is 5.32 Å². The van der Waals surface area contributed by atoms with Crippen LogP contribution in [0.1, 0.15) is 12.5 Å². The van der Waals surface area contributed by atoms with Crippen LogP contribution in [-0.4, -0.2) is 6.54 Å². The summed E-state index contributed by atoms with van der Waals surface area (Å²) in [7, 11) is 0. The summed E-state index contributed by atoms with van der Waals surface area (Å²) in [5.41, 5.74) is 1.52. The average molecular weight is 270 g/mol. The molecule has 1 nitrogen and oxygen atoms in total. The first-order chi connectivity index (χ1) is 8.22. The lowest BCUT2D eigenvalue weighted by Crippen LogP contribution is -2.11. The first-order valence-electron chi connectivity index (χ1n) is 5.45. The van der Waals surface area contributed by atoms with Crippen LogP contribution in [0.5, 0.6) is 0 Å². The molecule has 0 amide bonds. The zero-order chi connectivity index (χ0) is 12.3. The van der Waals surface area contributed by atoms with Gasteiger partial charge in [-0.3, -0.25) is 0 Å². The van der Waals surface area contributed by atoms with Gasteiger partial charge in [0.2, 0.25) is 0 Å². The second-order valence-electron chi connectivity index (χ2n) is 3.69. The van der Waals surface area contributed by atoms with E-state index in [9.17, 15) is 4.39 Å². The van der Waals surface area contributed by atoms with Gasteiger partial charge in [0.05, 0.1) is 9.90 Å². The highest BCUT2D eigenvalue weighted by molar-refractivity contribution is 7.14. The standard InChI is InChI=1S/C13H13ClFNS/c1-2-16-8-9-3-4-10(12(15)7-9)13-11(14)5-6-17-13/h3-7,16H,2,8H2,1H3. The van der Waals surface area contributed by atoms with E-state index in [0.717, 1.165) is 17.0 Å². The fourth-order valence-electron chi connectivity index (χ4n) is 1.61. The maximum atomic E-state index is 13.9. The van der Waals surface area contributed by atoms with Crippen molar-refractivity contribution in [3.8, 4) is 10.4 Å². The van der Waals surface area contributed by atoms with Crippen LogP contribution in [0.15, 0.2) is 29.6 Å². The fourth-order valence-corrected chi connectivity index (χ4v) is 2.79. The Bertz CT molecular complexity index is 510. The van der Waals surface area contributed by atoms with Crippen LogP contribution in [-0.2, 0) is 6.54 Å². The molecule has 0 spiro atoms. The smallest absolute Gasteiger partial charge is 0.132 e. The molecule has 2 rings (SSSR count). The van der Waals surface area contributed by atoms with Crippen LogP contribution < -0.4 is 5.32 Å². The van der Waals surface area contributed by atoms with Crippen LogP contribution in [0.4, 0.5) is 4.39 Å². The molecule has 0 aliphatic heterocycles. The average Bonchev–Trinajstić information content (AvgIpc) is 2.73. The maximum absolute atomic E-state index is 13.9. The summed E-state index contributed by atoms with van der Waals surface area (Å²) in [4.78, 5) is 0.791. The molecule has 4 heteroatoms. The lowest BCUT2D eigenvalue weighted by Gasteiger charge is -2.06. The Kier molecular flexibility index (Phi) is 4.15. The minimum Gasteiger partial charge on any atom is -0.313 e. The van der Waals surface area contributed by atoms with Gasteiger partial charge in [-0.2, -0.15) is 0 Å². The largest absolute Gasteiger partial charge is 0.313 e. The van der Waals surface area contributed by atoms with Crippen LogP contribution in [0.3, 0.4) is 0 Å². The van der Waals surface area contributed by atoms with Crippen molar-refractivity contribution in [3.05, 3.63) is 46.0 Å². The highest BCUT2D eigenvalue weighted by Gasteiger charge is 2.10. The van der Waals surface area contributed by atoms with E-state index in [1.165, 1.54) is 11.3 Å². The quantitative estimate of drug-likeness (QED) is 0.872. The molecule has 1 aromatic heterocycles. The third-order valence-corrected chi connectivity index (χ3v) is 3.85. The normalized spacial score (nSPS) is 10.8. The van der Waals surface area contributed by atoms with Gasteiger partial charge in [0.1, 0.15) is 5.82 Å². The molecule has 0 radical (unpaired) electrons. The number of thiophene rings is 1. The molecular weight excluding hydrogens is 257 g/mol. The molecule has 0 saturated heterocycles. The maximum Gasteiger partial charge on any atom is 0.132 e. The molecule has 0 bridgehead atoms. The summed E-state index contributed by atoms with van der Waals surface area (Å²) in [6.45, 7) is 3.59. The fraction of sp³-hybridized carbons (Fsp3) is 0.231. The van der Waals surface area contributed by atoms with Crippen molar-refractivity contribution in [2.24, 2.45) is 0 Å². The van der Waals surface area contributed by atoms with Gasteiger partial charge < -0.3 is 5.32 Å². The Hall–Kier alpha value is -0.900. The van der Waals surface area contributed by atoms with E-state index in [-0.39, 0.29) is 5.82 Å². The van der Waals surface area contributed by atoms with Crippen molar-refractivity contribution < 1.29 is 4.39 Å². The van der Waals surface area contributed by atoms with Crippen molar-refractivity contribution in [2.45, 2.75) is 13.5 Å². The van der Waals surface area contributed by atoms with Crippen molar-refractivity contribution in [3.63, 3.8) is 0 Å². The molecule has 0 fully saturated rings. The molecule has 90 valence electrons.